The summed E-state index contributed by atoms with van der Waals surface area (Å²) < 4.78 is 1.17. The van der Waals surface area contributed by atoms with Gasteiger partial charge in [0.2, 0.25) is 0 Å². The highest BCUT2D eigenvalue weighted by Gasteiger charge is 2.31. The Hall–Kier alpha value is -0.380. The molecule has 0 aromatic heterocycles. The van der Waals surface area contributed by atoms with E-state index in [4.69, 9.17) is 5.73 Å². The molecule has 0 radical (unpaired) electrons. The summed E-state index contributed by atoms with van der Waals surface area (Å²) in [5.74, 6) is 0. The van der Waals surface area contributed by atoms with E-state index in [-0.39, 0.29) is 0 Å². The summed E-state index contributed by atoms with van der Waals surface area (Å²) in [7, 11) is 0. The van der Waals surface area contributed by atoms with Crippen molar-refractivity contribution >= 4 is 15.9 Å². The van der Waals surface area contributed by atoms with Gasteiger partial charge in [0.25, 0.3) is 0 Å². The van der Waals surface area contributed by atoms with Gasteiger partial charge < -0.3 is 5.73 Å². The number of hydrogen-bond acceptors (Lipinski definition) is 2. The van der Waals surface area contributed by atoms with Gasteiger partial charge in [0.15, 0.2) is 0 Å². The van der Waals surface area contributed by atoms with E-state index in [0.29, 0.717) is 18.0 Å². The average Bonchev–Trinajstić information content (AvgIpc) is 2.31. The zero-order valence-corrected chi connectivity index (χ0v) is 12.9. The van der Waals surface area contributed by atoms with Crippen molar-refractivity contribution in [3.05, 3.63) is 34.3 Å². The van der Waals surface area contributed by atoms with E-state index in [1.54, 1.807) is 0 Å². The van der Waals surface area contributed by atoms with Crippen LogP contribution in [0.15, 0.2) is 28.7 Å². The van der Waals surface area contributed by atoms with Gasteiger partial charge in [-0.2, -0.15) is 0 Å². The van der Waals surface area contributed by atoms with Crippen LogP contribution in [0.1, 0.15) is 38.3 Å². The molecular weight excluding hydrogens is 288 g/mol. The van der Waals surface area contributed by atoms with Gasteiger partial charge in [0, 0.05) is 23.6 Å². The standard InChI is InChI=1S/C15H23BrN2/c1-15(2)8-5-9-18(11-15)14(10-17)12-6-3-4-7-13(12)16/h3-4,6-7,14H,5,8-11,17H2,1-2H3. The molecule has 0 spiro atoms. The first-order valence-corrected chi connectivity index (χ1v) is 7.51. The molecular formula is C15H23BrN2. The average molecular weight is 311 g/mol. The Morgan fingerprint density at radius 3 is 2.72 bits per heavy atom. The van der Waals surface area contributed by atoms with Crippen LogP contribution >= 0.6 is 15.9 Å². The predicted octanol–water partition coefficient (Wildman–Crippen LogP) is 3.57. The molecule has 1 saturated heterocycles. The maximum absolute atomic E-state index is 6.03. The minimum absolute atomic E-state index is 0.333. The quantitative estimate of drug-likeness (QED) is 0.924. The highest BCUT2D eigenvalue weighted by Crippen LogP contribution is 2.35. The fraction of sp³-hybridized carbons (Fsp3) is 0.600. The lowest BCUT2D eigenvalue weighted by molar-refractivity contribution is 0.0804. The molecule has 0 saturated carbocycles. The Balaban J connectivity index is 2.21. The van der Waals surface area contributed by atoms with E-state index in [1.165, 1.54) is 22.9 Å². The van der Waals surface area contributed by atoms with E-state index >= 15 is 0 Å². The summed E-state index contributed by atoms with van der Waals surface area (Å²) in [6.07, 6.45) is 2.59. The molecule has 1 atom stereocenters. The molecule has 2 nitrogen and oxygen atoms in total. The minimum Gasteiger partial charge on any atom is -0.329 e. The molecule has 1 aliphatic rings. The van der Waals surface area contributed by atoms with Gasteiger partial charge in [0.05, 0.1) is 0 Å². The molecule has 0 bridgehead atoms. The van der Waals surface area contributed by atoms with E-state index < -0.39 is 0 Å². The van der Waals surface area contributed by atoms with Gasteiger partial charge in [-0.25, -0.2) is 0 Å². The van der Waals surface area contributed by atoms with Crippen LogP contribution in [-0.2, 0) is 0 Å². The van der Waals surface area contributed by atoms with Gasteiger partial charge in [-0.05, 0) is 36.4 Å². The number of benzene rings is 1. The van der Waals surface area contributed by atoms with Gasteiger partial charge in [-0.3, -0.25) is 4.90 Å². The van der Waals surface area contributed by atoms with Crippen molar-refractivity contribution in [3.8, 4) is 0 Å². The smallest absolute Gasteiger partial charge is 0.0481 e. The Morgan fingerprint density at radius 2 is 2.11 bits per heavy atom. The molecule has 18 heavy (non-hydrogen) atoms. The lowest BCUT2D eigenvalue weighted by Crippen LogP contribution is -2.44. The summed E-state index contributed by atoms with van der Waals surface area (Å²) in [4.78, 5) is 2.55. The van der Waals surface area contributed by atoms with E-state index in [2.05, 4.69) is 58.9 Å². The third-order valence-corrected chi connectivity index (χ3v) is 4.58. The summed E-state index contributed by atoms with van der Waals surface area (Å²) >= 11 is 3.65. The monoisotopic (exact) mass is 310 g/mol. The molecule has 2 rings (SSSR count). The van der Waals surface area contributed by atoms with Gasteiger partial charge in [-0.1, -0.05) is 48.0 Å². The number of nitrogens with zero attached hydrogens (tertiary/aromatic N) is 1. The Labute approximate surface area is 119 Å². The fourth-order valence-electron chi connectivity index (χ4n) is 2.95. The number of nitrogens with two attached hydrogens (primary N) is 1. The van der Waals surface area contributed by atoms with Crippen molar-refractivity contribution in [2.45, 2.75) is 32.7 Å². The first-order chi connectivity index (χ1) is 8.53. The number of likely N-dealkylation sites (tertiary alicyclic amines) is 1. The van der Waals surface area contributed by atoms with Crippen molar-refractivity contribution in [1.29, 1.82) is 0 Å². The predicted molar refractivity (Wildman–Crippen MR) is 80.5 cm³/mol. The zero-order chi connectivity index (χ0) is 13.2. The first-order valence-electron chi connectivity index (χ1n) is 6.72. The van der Waals surface area contributed by atoms with Crippen LogP contribution in [-0.4, -0.2) is 24.5 Å². The molecule has 100 valence electrons. The van der Waals surface area contributed by atoms with Gasteiger partial charge >= 0.3 is 0 Å². The second-order valence-electron chi connectivity index (χ2n) is 6.01. The first kappa shape index (κ1) is 14.0. The normalized spacial score (nSPS) is 21.8. The van der Waals surface area contributed by atoms with Crippen LogP contribution in [0, 0.1) is 5.41 Å². The maximum atomic E-state index is 6.03. The highest BCUT2D eigenvalue weighted by atomic mass is 79.9. The molecule has 0 aliphatic carbocycles. The largest absolute Gasteiger partial charge is 0.329 e. The molecule has 3 heteroatoms. The summed E-state index contributed by atoms with van der Waals surface area (Å²) in [6, 6.07) is 8.77. The molecule has 1 unspecified atom stereocenters. The summed E-state index contributed by atoms with van der Waals surface area (Å²) in [5.41, 5.74) is 7.76. The SMILES string of the molecule is CC1(C)CCCN(C(CN)c2ccccc2Br)C1. The number of piperidine rings is 1. The van der Waals surface area contributed by atoms with Crippen LogP contribution < -0.4 is 5.73 Å². The Kier molecular flexibility index (Phi) is 4.46. The number of hydrogen-bond donors (Lipinski definition) is 1. The summed E-state index contributed by atoms with van der Waals surface area (Å²) in [5, 5.41) is 0. The molecule has 1 heterocycles. The second kappa shape index (κ2) is 5.72. The van der Waals surface area contributed by atoms with Crippen LogP contribution in [0.3, 0.4) is 0 Å². The molecule has 2 N–H and O–H groups in total. The molecule has 1 aromatic carbocycles. The molecule has 0 amide bonds. The van der Waals surface area contributed by atoms with Crippen LogP contribution in [0.25, 0.3) is 0 Å². The Morgan fingerprint density at radius 1 is 1.39 bits per heavy atom. The number of rotatable bonds is 3. The van der Waals surface area contributed by atoms with Crippen LogP contribution in [0.2, 0.25) is 0 Å². The van der Waals surface area contributed by atoms with Crippen molar-refractivity contribution < 1.29 is 0 Å². The van der Waals surface area contributed by atoms with Gasteiger partial charge in [0.1, 0.15) is 0 Å². The third-order valence-electron chi connectivity index (χ3n) is 3.86. The van der Waals surface area contributed by atoms with Crippen LogP contribution in [0.4, 0.5) is 0 Å². The zero-order valence-electron chi connectivity index (χ0n) is 11.3. The fourth-order valence-corrected chi connectivity index (χ4v) is 3.50. The topological polar surface area (TPSA) is 29.3 Å². The maximum Gasteiger partial charge on any atom is 0.0481 e. The molecule has 1 aliphatic heterocycles. The second-order valence-corrected chi connectivity index (χ2v) is 6.87. The lowest BCUT2D eigenvalue weighted by Gasteiger charge is -2.42. The third kappa shape index (κ3) is 3.14. The van der Waals surface area contributed by atoms with Crippen molar-refractivity contribution in [2.75, 3.05) is 19.6 Å². The van der Waals surface area contributed by atoms with E-state index in [9.17, 15) is 0 Å². The van der Waals surface area contributed by atoms with E-state index in [0.717, 1.165) is 13.1 Å². The van der Waals surface area contributed by atoms with Gasteiger partial charge in [-0.15, -0.1) is 0 Å². The van der Waals surface area contributed by atoms with Crippen molar-refractivity contribution in [2.24, 2.45) is 11.1 Å². The molecule has 1 aromatic rings. The number of halogens is 1. The Bertz CT molecular complexity index is 403. The van der Waals surface area contributed by atoms with Crippen LogP contribution in [0.5, 0.6) is 0 Å². The van der Waals surface area contributed by atoms with Crippen molar-refractivity contribution in [3.63, 3.8) is 0 Å². The summed E-state index contributed by atoms with van der Waals surface area (Å²) in [6.45, 7) is 7.68. The van der Waals surface area contributed by atoms with Crippen molar-refractivity contribution in [1.82, 2.24) is 4.90 Å². The minimum atomic E-state index is 0.333. The molecule has 1 fully saturated rings. The highest BCUT2D eigenvalue weighted by molar-refractivity contribution is 9.10. The lowest BCUT2D eigenvalue weighted by atomic mass is 9.83. The van der Waals surface area contributed by atoms with E-state index in [1.807, 2.05) is 0 Å².